The number of carbonyl (C=O) groups excluding carboxylic acids is 4. The molecular weight excluding hydrogens is 1520 g/mol. The minimum absolute atomic E-state index is 0.0197. The number of benzene rings is 2. The van der Waals surface area contributed by atoms with E-state index in [-0.39, 0.29) is 113 Å². The maximum Gasteiger partial charge on any atom is 0.442 e. The number of anilines is 4. The van der Waals surface area contributed by atoms with Crippen molar-refractivity contribution in [2.75, 3.05) is 113 Å². The van der Waals surface area contributed by atoms with Gasteiger partial charge in [0.25, 0.3) is 31.6 Å². The van der Waals surface area contributed by atoms with Crippen LogP contribution in [0.1, 0.15) is 113 Å². The second-order valence-corrected chi connectivity index (χ2v) is 33.3. The maximum absolute atomic E-state index is 14.2. The van der Waals surface area contributed by atoms with E-state index in [1.54, 1.807) is 0 Å². The first-order valence-electron chi connectivity index (χ1n) is 33.9. The average Bonchev–Trinajstić information content (AvgIpc) is 0.825. The molecule has 2 heterocycles. The molecule has 592 valence electrons. The largest absolute Gasteiger partial charge is 0.463 e. The summed E-state index contributed by atoms with van der Waals surface area (Å²) < 4.78 is 267. The highest BCUT2D eigenvalue weighted by molar-refractivity contribution is 7.95. The molecule has 24 nitrogen and oxygen atoms in total. The molecule has 106 heavy (non-hydrogen) atoms. The Morgan fingerprint density at radius 1 is 0.491 bits per heavy atom. The normalized spacial score (nSPS) is 22.9. The molecule has 0 atom stereocenters. The van der Waals surface area contributed by atoms with Gasteiger partial charge < -0.3 is 53.1 Å². The Morgan fingerprint density at radius 2 is 0.858 bits per heavy atom. The van der Waals surface area contributed by atoms with Gasteiger partial charge in [0.1, 0.15) is 19.8 Å². The Labute approximate surface area is 610 Å². The van der Waals surface area contributed by atoms with E-state index in [0.29, 0.717) is 90.8 Å². The summed E-state index contributed by atoms with van der Waals surface area (Å²) in [6.07, 6.45) is -9.41. The maximum atomic E-state index is 14.2. The van der Waals surface area contributed by atoms with Gasteiger partial charge in [-0.25, -0.2) is 31.6 Å². The number of nitrogens with zero attached hydrogens (tertiary/aromatic N) is 2. The van der Waals surface area contributed by atoms with Crippen LogP contribution in [0.5, 0.6) is 0 Å². The van der Waals surface area contributed by atoms with E-state index < -0.39 is 109 Å². The fourth-order valence-corrected chi connectivity index (χ4v) is 20.8. The number of hydrogen-bond donors (Lipinski definition) is 5. The number of hydrogen-bond acceptors (Lipinski definition) is 22. The first-order valence-corrected chi connectivity index (χ1v) is 38.5. The van der Waals surface area contributed by atoms with Crippen LogP contribution in [0, 0.1) is 54.8 Å². The van der Waals surface area contributed by atoms with E-state index in [2.05, 4.69) is 25.3 Å². The molecule has 5 N–H and O–H groups in total. The lowest BCUT2D eigenvalue weighted by Crippen LogP contribution is -2.57. The summed E-state index contributed by atoms with van der Waals surface area (Å²) in [6.45, 7) is 3.99. The standard InChI is InChI=1S/2C33H41F6N3O9S2/c1-20-28(52-29(40-20)41-21(2)43)53(45,46)42-26-5-3-25(4-6-26)31(32(34,35)36,33(37,38)39)51-27(44)19-49-10-9-47-7-8-48-11-12-50-30-16-22-13-23(17-30)15-24(14-22)18-30;1-20-28(53(46,47)42-25-4-2-24(3-5-25)31(45,32(34,35)36)33(37,38)39)52-29(40-20)41-26(43)19-50-9-8-48-6-7-49-10-11-51-27(44)18-30-15-21-12-22(16-30)14-23(13-21)17-30/h3-6,22-24,42H,7-19H2,1-2H3,(H,40,41,43);2-5,21-23,42,45H,6-19H2,1H3,(H,40,41,43). The van der Waals surface area contributed by atoms with Crippen molar-refractivity contribution in [2.24, 2.45) is 40.9 Å². The molecule has 0 unspecified atom stereocenters. The Balaban J connectivity index is 0.000000245. The van der Waals surface area contributed by atoms with Crippen molar-refractivity contribution < 1.29 is 136 Å². The van der Waals surface area contributed by atoms with E-state index in [0.717, 1.165) is 74.0 Å². The molecule has 0 aliphatic heterocycles. The van der Waals surface area contributed by atoms with Crippen LogP contribution in [0.2, 0.25) is 0 Å². The smallest absolute Gasteiger partial charge is 0.442 e. The Morgan fingerprint density at radius 3 is 1.26 bits per heavy atom. The lowest BCUT2D eigenvalue weighted by atomic mass is 9.49. The van der Waals surface area contributed by atoms with E-state index in [1.165, 1.54) is 59.3 Å². The van der Waals surface area contributed by atoms with Crippen molar-refractivity contribution in [3.8, 4) is 0 Å². The summed E-state index contributed by atoms with van der Waals surface area (Å²) in [6, 6.07) is 3.81. The van der Waals surface area contributed by atoms with Gasteiger partial charge in [-0.2, -0.15) is 52.7 Å². The lowest BCUT2D eigenvalue weighted by Gasteiger charge is -2.56. The third-order valence-electron chi connectivity index (χ3n) is 19.2. The number of aromatic nitrogens is 2. The van der Waals surface area contributed by atoms with Gasteiger partial charge in [-0.05, 0) is 156 Å². The number of rotatable bonds is 36. The van der Waals surface area contributed by atoms with E-state index in [1.807, 2.05) is 9.44 Å². The second-order valence-electron chi connectivity index (χ2n) is 27.6. The molecule has 40 heteroatoms. The predicted molar refractivity (Wildman–Crippen MR) is 355 cm³/mol. The van der Waals surface area contributed by atoms with Crippen molar-refractivity contribution in [1.82, 2.24) is 9.97 Å². The number of carbonyl (C=O) groups is 4. The van der Waals surface area contributed by atoms with Crippen molar-refractivity contribution >= 4 is 88.1 Å². The number of ether oxygens (including phenoxy) is 9. The van der Waals surface area contributed by atoms with Crippen molar-refractivity contribution in [2.45, 2.75) is 154 Å². The number of esters is 2. The number of alkyl halides is 12. The fraction of sp³-hybridized carbons (Fsp3) is 0.667. The molecule has 0 radical (unpaired) electrons. The van der Waals surface area contributed by atoms with Crippen LogP contribution in [0.25, 0.3) is 0 Å². The van der Waals surface area contributed by atoms with Gasteiger partial charge >= 0.3 is 42.2 Å². The highest BCUT2D eigenvalue weighted by Gasteiger charge is 2.76. The zero-order valence-electron chi connectivity index (χ0n) is 57.6. The number of halogens is 12. The number of aryl methyl sites for hydroxylation is 2. The summed E-state index contributed by atoms with van der Waals surface area (Å²) in [4.78, 5) is 56.2. The van der Waals surface area contributed by atoms with E-state index in [9.17, 15) is 93.8 Å². The van der Waals surface area contributed by atoms with Crippen LogP contribution in [0.15, 0.2) is 56.9 Å². The third-order valence-corrected chi connectivity index (χ3v) is 25.4. The Kier molecular flexibility index (Phi) is 27.3. The molecule has 8 aliphatic rings. The number of nitrogens with one attached hydrogen (secondary N) is 4. The van der Waals surface area contributed by atoms with Crippen molar-refractivity contribution in [3.05, 3.63) is 71.0 Å². The first-order chi connectivity index (χ1) is 49.6. The third kappa shape index (κ3) is 21.1. The number of aliphatic hydroxyl groups is 1. The molecule has 8 saturated carbocycles. The molecule has 2 aromatic heterocycles. The number of sulfonamides is 2. The van der Waals surface area contributed by atoms with Crippen LogP contribution in [0.3, 0.4) is 0 Å². The van der Waals surface area contributed by atoms with Gasteiger partial charge in [0.2, 0.25) is 5.91 Å². The van der Waals surface area contributed by atoms with Gasteiger partial charge in [-0.1, -0.05) is 46.9 Å². The summed E-state index contributed by atoms with van der Waals surface area (Å²) in [5.41, 5.74) is -14.1. The SMILES string of the molecule is CC(=O)Nc1nc(C)c(S(=O)(=O)Nc2ccc(C(OC(=O)COCCOCCOCCOC34CC5CC(CC(C5)C3)C4)(C(F)(F)F)C(F)(F)F)cc2)s1.Cc1nc(NC(=O)COCCOCCOCCOC(=O)CC23CC4CC(CC(C4)C2)C3)sc1S(=O)(=O)Nc1ccc(C(O)(C(F)(F)F)C(F)(F)F)cc1. The molecule has 0 saturated heterocycles. The Bertz CT molecular complexity index is 3800. The van der Waals surface area contributed by atoms with Crippen molar-refractivity contribution in [1.29, 1.82) is 0 Å². The number of amides is 2. The molecule has 8 aliphatic carbocycles. The lowest BCUT2D eigenvalue weighted by molar-refractivity contribution is -0.378. The van der Waals surface area contributed by atoms with Gasteiger partial charge in [0.15, 0.2) is 18.7 Å². The molecule has 8 bridgehead atoms. The summed E-state index contributed by atoms with van der Waals surface area (Å²) in [5.74, 6) is 1.32. The topological polar surface area (TPSA) is 314 Å². The van der Waals surface area contributed by atoms with Crippen LogP contribution in [0.4, 0.5) is 74.3 Å². The fourth-order valence-electron chi connectivity index (χ4n) is 15.8. The average molecular weight is 1600 g/mol. The van der Waals surface area contributed by atoms with Crippen LogP contribution in [-0.4, -0.2) is 178 Å². The minimum Gasteiger partial charge on any atom is -0.463 e. The van der Waals surface area contributed by atoms with E-state index in [4.69, 9.17) is 37.9 Å². The first kappa shape index (κ1) is 83.9. The van der Waals surface area contributed by atoms with Crippen molar-refractivity contribution in [3.63, 3.8) is 0 Å². The molecule has 4 aromatic rings. The Hall–Kier alpha value is -6.08. The minimum atomic E-state index is -6.19. The summed E-state index contributed by atoms with van der Waals surface area (Å²) >= 11 is 1.13. The zero-order valence-corrected chi connectivity index (χ0v) is 60.9. The molecular formula is C66H82F12N6O18S4. The van der Waals surface area contributed by atoms with Gasteiger partial charge in [-0.3, -0.25) is 29.1 Å². The molecule has 0 spiro atoms. The van der Waals surface area contributed by atoms with Crippen LogP contribution < -0.4 is 20.1 Å². The monoisotopic (exact) mass is 1600 g/mol. The quantitative estimate of drug-likeness (QED) is 0.0160. The molecule has 8 fully saturated rings. The highest BCUT2D eigenvalue weighted by Crippen LogP contribution is 2.62. The van der Waals surface area contributed by atoms with Gasteiger partial charge in [0, 0.05) is 29.4 Å². The van der Waals surface area contributed by atoms with Gasteiger partial charge in [-0.15, -0.1) is 0 Å². The molecule has 12 rings (SSSR count). The highest BCUT2D eigenvalue weighted by atomic mass is 32.3. The van der Waals surface area contributed by atoms with Crippen LogP contribution in [-0.2, 0) is 93.1 Å². The number of thiazole rings is 2. The molecule has 2 amide bonds. The summed E-state index contributed by atoms with van der Waals surface area (Å²) in [7, 11) is -8.88. The van der Waals surface area contributed by atoms with Crippen LogP contribution >= 0.6 is 22.7 Å². The van der Waals surface area contributed by atoms with Gasteiger partial charge in [0.05, 0.1) is 96.1 Å². The second kappa shape index (κ2) is 34.5. The summed E-state index contributed by atoms with van der Waals surface area (Å²) in [5, 5.41) is 14.1. The predicted octanol–water partition coefficient (Wildman–Crippen LogP) is 11.8. The zero-order chi connectivity index (χ0) is 77.3. The molecule has 2 aromatic carbocycles. The van der Waals surface area contributed by atoms with E-state index >= 15 is 0 Å².